The Bertz CT molecular complexity index is 423. The fourth-order valence-electron chi connectivity index (χ4n) is 2.07. The van der Waals surface area contributed by atoms with Crippen molar-refractivity contribution >= 4 is 5.69 Å². The average molecular weight is 290 g/mol. The molecule has 2 rings (SSSR count). The Labute approximate surface area is 115 Å². The van der Waals surface area contributed by atoms with Crippen molar-refractivity contribution < 1.29 is 22.6 Å². The lowest BCUT2D eigenvalue weighted by Crippen LogP contribution is -2.32. The molecule has 112 valence electrons. The van der Waals surface area contributed by atoms with Crippen LogP contribution in [-0.4, -0.2) is 36.5 Å². The van der Waals surface area contributed by atoms with Crippen LogP contribution < -0.4 is 10.1 Å². The van der Waals surface area contributed by atoms with Gasteiger partial charge in [0.25, 0.3) is 0 Å². The Morgan fingerprint density at radius 1 is 1.45 bits per heavy atom. The molecule has 2 unspecified atom stereocenters. The van der Waals surface area contributed by atoms with Gasteiger partial charge < -0.3 is 14.8 Å². The number of nitrogens with zero attached hydrogens (tertiary/aromatic N) is 1. The van der Waals surface area contributed by atoms with Gasteiger partial charge in [0.05, 0.1) is 18.0 Å². The molecule has 1 aromatic heterocycles. The topological polar surface area (TPSA) is 43.4 Å². The SMILES string of the molecule is CC1CC(Nc2ccc(OCC(F)(F)F)nc2)CCO1. The van der Waals surface area contributed by atoms with Gasteiger partial charge in [-0.05, 0) is 25.8 Å². The predicted octanol–water partition coefficient (Wildman–Crippen LogP) is 3.00. The Morgan fingerprint density at radius 2 is 2.25 bits per heavy atom. The lowest BCUT2D eigenvalue weighted by atomic mass is 10.0. The molecule has 1 aliphatic rings. The first-order valence-electron chi connectivity index (χ1n) is 6.46. The molecule has 1 N–H and O–H groups in total. The Hall–Kier alpha value is -1.50. The van der Waals surface area contributed by atoms with Crippen molar-refractivity contribution in [2.24, 2.45) is 0 Å². The van der Waals surface area contributed by atoms with Crippen molar-refractivity contribution in [2.45, 2.75) is 38.1 Å². The first kappa shape index (κ1) is 14.9. The molecular formula is C13H17F3N2O2. The van der Waals surface area contributed by atoms with E-state index in [9.17, 15) is 13.2 Å². The number of anilines is 1. The van der Waals surface area contributed by atoms with E-state index >= 15 is 0 Å². The molecule has 1 fully saturated rings. The van der Waals surface area contributed by atoms with E-state index in [1.807, 2.05) is 6.92 Å². The van der Waals surface area contributed by atoms with E-state index in [1.54, 1.807) is 6.07 Å². The summed E-state index contributed by atoms with van der Waals surface area (Å²) >= 11 is 0. The number of pyridine rings is 1. The van der Waals surface area contributed by atoms with E-state index in [-0.39, 0.29) is 12.0 Å². The molecule has 0 aromatic carbocycles. The maximum Gasteiger partial charge on any atom is 0.422 e. The molecule has 0 radical (unpaired) electrons. The monoisotopic (exact) mass is 290 g/mol. The average Bonchev–Trinajstić information content (AvgIpc) is 2.37. The number of aromatic nitrogens is 1. The molecule has 2 atom stereocenters. The van der Waals surface area contributed by atoms with Gasteiger partial charge in [0, 0.05) is 18.7 Å². The zero-order valence-electron chi connectivity index (χ0n) is 11.1. The van der Waals surface area contributed by atoms with Gasteiger partial charge in [-0.3, -0.25) is 0 Å². The molecule has 0 spiro atoms. The largest absolute Gasteiger partial charge is 0.468 e. The zero-order valence-corrected chi connectivity index (χ0v) is 11.1. The van der Waals surface area contributed by atoms with Crippen LogP contribution in [0.1, 0.15) is 19.8 Å². The highest BCUT2D eigenvalue weighted by Crippen LogP contribution is 2.21. The molecule has 4 nitrogen and oxygen atoms in total. The van der Waals surface area contributed by atoms with Crippen LogP contribution in [0.25, 0.3) is 0 Å². The number of rotatable bonds is 4. The number of alkyl halides is 3. The predicted molar refractivity (Wildman–Crippen MR) is 67.8 cm³/mol. The van der Waals surface area contributed by atoms with Crippen molar-refractivity contribution in [2.75, 3.05) is 18.5 Å². The third kappa shape index (κ3) is 4.88. The van der Waals surface area contributed by atoms with Gasteiger partial charge in [-0.25, -0.2) is 4.98 Å². The van der Waals surface area contributed by atoms with Crippen LogP contribution in [0.5, 0.6) is 5.88 Å². The third-order valence-electron chi connectivity index (χ3n) is 2.98. The quantitative estimate of drug-likeness (QED) is 0.925. The highest BCUT2D eigenvalue weighted by atomic mass is 19.4. The van der Waals surface area contributed by atoms with Crippen molar-refractivity contribution in [3.63, 3.8) is 0 Å². The second-order valence-electron chi connectivity index (χ2n) is 4.84. The third-order valence-corrected chi connectivity index (χ3v) is 2.98. The molecule has 1 aliphatic heterocycles. The number of hydrogen-bond donors (Lipinski definition) is 1. The van der Waals surface area contributed by atoms with Crippen molar-refractivity contribution in [1.29, 1.82) is 0 Å². The molecule has 20 heavy (non-hydrogen) atoms. The van der Waals surface area contributed by atoms with Crippen LogP contribution in [0.3, 0.4) is 0 Å². The van der Waals surface area contributed by atoms with Gasteiger partial charge in [0.15, 0.2) is 6.61 Å². The van der Waals surface area contributed by atoms with Gasteiger partial charge >= 0.3 is 6.18 Å². The van der Waals surface area contributed by atoms with E-state index in [0.29, 0.717) is 12.6 Å². The first-order chi connectivity index (χ1) is 9.42. The van der Waals surface area contributed by atoms with Crippen LogP contribution in [0.15, 0.2) is 18.3 Å². The highest BCUT2D eigenvalue weighted by Gasteiger charge is 2.28. The first-order valence-corrected chi connectivity index (χ1v) is 6.46. The number of ether oxygens (including phenoxy) is 2. The normalized spacial score (nSPS) is 23.4. The van der Waals surface area contributed by atoms with Crippen LogP contribution >= 0.6 is 0 Å². The van der Waals surface area contributed by atoms with Crippen LogP contribution in [0.2, 0.25) is 0 Å². The lowest BCUT2D eigenvalue weighted by molar-refractivity contribution is -0.154. The Morgan fingerprint density at radius 3 is 2.85 bits per heavy atom. The van der Waals surface area contributed by atoms with Crippen LogP contribution in [-0.2, 0) is 4.74 Å². The van der Waals surface area contributed by atoms with E-state index in [2.05, 4.69) is 15.0 Å². The summed E-state index contributed by atoms with van der Waals surface area (Å²) in [5, 5.41) is 3.29. The molecule has 1 saturated heterocycles. The lowest BCUT2D eigenvalue weighted by Gasteiger charge is -2.28. The van der Waals surface area contributed by atoms with Gasteiger partial charge in [-0.1, -0.05) is 0 Å². The molecule has 0 bridgehead atoms. The molecule has 0 amide bonds. The number of halogens is 3. The van der Waals surface area contributed by atoms with E-state index in [4.69, 9.17) is 4.74 Å². The van der Waals surface area contributed by atoms with E-state index < -0.39 is 12.8 Å². The van der Waals surface area contributed by atoms with Crippen molar-refractivity contribution in [3.8, 4) is 5.88 Å². The fraction of sp³-hybridized carbons (Fsp3) is 0.615. The van der Waals surface area contributed by atoms with E-state index in [0.717, 1.165) is 18.5 Å². The standard InChI is InChI=1S/C13H17F3N2O2/c1-9-6-10(4-5-19-9)18-11-2-3-12(17-7-11)20-8-13(14,15)16/h2-3,7,9-10,18H,4-6,8H2,1H3. The van der Waals surface area contributed by atoms with E-state index in [1.165, 1.54) is 12.3 Å². The Kier molecular flexibility index (Phi) is 4.69. The van der Waals surface area contributed by atoms with Crippen molar-refractivity contribution in [1.82, 2.24) is 4.98 Å². The fourth-order valence-corrected chi connectivity index (χ4v) is 2.07. The summed E-state index contributed by atoms with van der Waals surface area (Å²) in [6.45, 7) is 1.39. The Balaban J connectivity index is 1.85. The summed E-state index contributed by atoms with van der Waals surface area (Å²) in [6.07, 6.45) is -0.866. The molecule has 1 aromatic rings. The van der Waals surface area contributed by atoms with Gasteiger partial charge in [0.1, 0.15) is 0 Å². The van der Waals surface area contributed by atoms with Crippen LogP contribution in [0, 0.1) is 0 Å². The van der Waals surface area contributed by atoms with Crippen LogP contribution in [0.4, 0.5) is 18.9 Å². The summed E-state index contributed by atoms with van der Waals surface area (Å²) in [7, 11) is 0. The second-order valence-corrected chi connectivity index (χ2v) is 4.84. The summed E-state index contributed by atoms with van der Waals surface area (Å²) in [5.41, 5.74) is 0.767. The molecular weight excluding hydrogens is 273 g/mol. The summed E-state index contributed by atoms with van der Waals surface area (Å²) in [4.78, 5) is 3.85. The molecule has 0 aliphatic carbocycles. The summed E-state index contributed by atoms with van der Waals surface area (Å²) in [6, 6.07) is 3.39. The smallest absolute Gasteiger partial charge is 0.422 e. The molecule has 0 saturated carbocycles. The van der Waals surface area contributed by atoms with Gasteiger partial charge in [-0.15, -0.1) is 0 Å². The number of hydrogen-bond acceptors (Lipinski definition) is 4. The summed E-state index contributed by atoms with van der Waals surface area (Å²) in [5.74, 6) is -0.0341. The minimum Gasteiger partial charge on any atom is -0.468 e. The maximum atomic E-state index is 12.0. The van der Waals surface area contributed by atoms with Crippen molar-refractivity contribution in [3.05, 3.63) is 18.3 Å². The zero-order chi connectivity index (χ0) is 14.6. The maximum absolute atomic E-state index is 12.0. The van der Waals surface area contributed by atoms with Gasteiger partial charge in [-0.2, -0.15) is 13.2 Å². The molecule has 7 heteroatoms. The minimum atomic E-state index is -4.35. The highest BCUT2D eigenvalue weighted by molar-refractivity contribution is 5.43. The molecule has 2 heterocycles. The van der Waals surface area contributed by atoms with Gasteiger partial charge in [0.2, 0.25) is 5.88 Å². The minimum absolute atomic E-state index is 0.0341. The second kappa shape index (κ2) is 6.30. The summed E-state index contributed by atoms with van der Waals surface area (Å²) < 4.78 is 46.0. The number of nitrogens with one attached hydrogen (secondary N) is 1.